The first-order valence-corrected chi connectivity index (χ1v) is 18.1. The number of rotatable bonds is 12. The van der Waals surface area contributed by atoms with Gasteiger partial charge in [0.15, 0.2) is 11.5 Å². The Balaban J connectivity index is 1.03. The van der Waals surface area contributed by atoms with Crippen molar-refractivity contribution in [2.45, 2.75) is 45.1 Å². The second-order valence-corrected chi connectivity index (χ2v) is 13.7. The van der Waals surface area contributed by atoms with Gasteiger partial charge < -0.3 is 28.9 Å². The van der Waals surface area contributed by atoms with Gasteiger partial charge in [0.05, 0.1) is 18.0 Å². The van der Waals surface area contributed by atoms with Gasteiger partial charge in [0.25, 0.3) is 11.9 Å². The molecule has 1 aliphatic rings. The SMILES string of the molecule is Cc1ccc(-c2nc3ccc(C(=O)N/N=C/c4cc(/C=N/NC(=O)c5ccc(Oc6cc(Cl)cc(Cl)c6)o5)cc(B(O)O)c4)cn3c2NC2CCCCC2)o1. The highest BCUT2D eigenvalue weighted by Crippen LogP contribution is 2.33. The predicted molar refractivity (Wildman–Crippen MR) is 210 cm³/mol. The van der Waals surface area contributed by atoms with Crippen LogP contribution < -0.4 is 26.4 Å². The average molecular weight is 782 g/mol. The molecule has 0 unspecified atom stereocenters. The van der Waals surface area contributed by atoms with Crippen molar-refractivity contribution in [2.24, 2.45) is 10.2 Å². The van der Waals surface area contributed by atoms with Crippen LogP contribution in [-0.4, -0.2) is 56.8 Å². The quantitative estimate of drug-likeness (QED) is 0.0521. The summed E-state index contributed by atoms with van der Waals surface area (Å²) >= 11 is 12.0. The maximum Gasteiger partial charge on any atom is 0.488 e. The van der Waals surface area contributed by atoms with Crippen molar-refractivity contribution in [1.82, 2.24) is 20.2 Å². The Hall–Kier alpha value is -5.87. The Morgan fingerprint density at radius 3 is 2.27 bits per heavy atom. The number of nitrogens with zero attached hydrogens (tertiary/aromatic N) is 4. The number of imidazole rings is 1. The maximum absolute atomic E-state index is 13.3. The van der Waals surface area contributed by atoms with Crippen molar-refractivity contribution in [3.8, 4) is 23.1 Å². The van der Waals surface area contributed by atoms with Gasteiger partial charge in [-0.05, 0) is 91.0 Å². The number of carbonyl (C=O) groups excluding carboxylic acids is 2. The number of hydrogen-bond acceptors (Lipinski definition) is 11. The molecule has 14 nitrogen and oxygen atoms in total. The van der Waals surface area contributed by atoms with Crippen LogP contribution in [0.4, 0.5) is 5.82 Å². The van der Waals surface area contributed by atoms with E-state index in [1.807, 2.05) is 23.5 Å². The Kier molecular flexibility index (Phi) is 11.3. The van der Waals surface area contributed by atoms with Gasteiger partial charge in [-0.1, -0.05) is 54.6 Å². The zero-order valence-electron chi connectivity index (χ0n) is 29.3. The summed E-state index contributed by atoms with van der Waals surface area (Å²) in [6.45, 7) is 1.88. The smallest absolute Gasteiger partial charge is 0.460 e. The fraction of sp³-hybridized carbons (Fsp3) is 0.184. The van der Waals surface area contributed by atoms with Crippen molar-refractivity contribution in [1.29, 1.82) is 0 Å². The molecule has 0 atom stereocenters. The zero-order valence-corrected chi connectivity index (χ0v) is 30.8. The van der Waals surface area contributed by atoms with E-state index in [-0.39, 0.29) is 23.2 Å². The highest BCUT2D eigenvalue weighted by molar-refractivity contribution is 6.58. The molecule has 0 bridgehead atoms. The molecule has 0 spiro atoms. The molecule has 1 fully saturated rings. The van der Waals surface area contributed by atoms with E-state index in [2.05, 4.69) is 26.4 Å². The van der Waals surface area contributed by atoms with Crippen molar-refractivity contribution < 1.29 is 33.2 Å². The number of aryl methyl sites for hydroxylation is 1. The second kappa shape index (κ2) is 16.7. The molecular weight excluding hydrogens is 748 g/mol. The summed E-state index contributed by atoms with van der Waals surface area (Å²) in [5.74, 6) is 1.28. The standard InChI is InChI=1S/C38H34BCl2N7O7/c1-22-7-9-31(53-22)35-36(44-29-5-3-2-4-6-29)48-21-25(8-11-33(48)45-35)37(49)46-42-19-23-13-24(15-26(14-23)39(51)52)20-43-47-38(50)32-10-12-34(55-32)54-30-17-27(40)16-28(41)18-30/h7-21,29,44,51-52H,2-6H2,1H3,(H,46,49)(H,47,50)/b42-19+,43-20+. The molecular formula is C38H34BCl2N7O7. The molecule has 5 N–H and O–H groups in total. The van der Waals surface area contributed by atoms with Crippen molar-refractivity contribution in [3.05, 3.63) is 117 Å². The zero-order chi connectivity index (χ0) is 38.5. The third kappa shape index (κ3) is 9.27. The molecule has 4 aromatic heterocycles. The average Bonchev–Trinajstić information content (AvgIpc) is 3.90. The second-order valence-electron chi connectivity index (χ2n) is 12.9. The molecule has 4 heterocycles. The molecule has 55 heavy (non-hydrogen) atoms. The molecule has 0 saturated heterocycles. The van der Waals surface area contributed by atoms with Crippen LogP contribution in [0, 0.1) is 6.92 Å². The molecule has 0 aliphatic heterocycles. The summed E-state index contributed by atoms with van der Waals surface area (Å²) in [5.41, 5.74) is 7.46. The lowest BCUT2D eigenvalue weighted by Gasteiger charge is -2.24. The van der Waals surface area contributed by atoms with E-state index < -0.39 is 18.9 Å². The van der Waals surface area contributed by atoms with Gasteiger partial charge in [0.2, 0.25) is 0 Å². The molecule has 1 aliphatic carbocycles. The summed E-state index contributed by atoms with van der Waals surface area (Å²) in [5, 5.41) is 32.2. The van der Waals surface area contributed by atoms with Crippen molar-refractivity contribution in [3.63, 3.8) is 0 Å². The normalized spacial score (nSPS) is 13.5. The minimum atomic E-state index is -1.81. The minimum Gasteiger partial charge on any atom is -0.460 e. The Labute approximate surface area is 324 Å². The topological polar surface area (TPSA) is 188 Å². The molecule has 7 rings (SSSR count). The van der Waals surface area contributed by atoms with Crippen molar-refractivity contribution in [2.75, 3.05) is 5.32 Å². The van der Waals surface area contributed by atoms with E-state index in [0.29, 0.717) is 49.6 Å². The summed E-state index contributed by atoms with van der Waals surface area (Å²) < 4.78 is 18.8. The van der Waals surface area contributed by atoms with Crippen LogP contribution in [0.25, 0.3) is 17.1 Å². The summed E-state index contributed by atoms with van der Waals surface area (Å²) in [6.07, 6.45) is 9.94. The number of ether oxygens (including phenoxy) is 1. The van der Waals surface area contributed by atoms with Gasteiger partial charge in [-0.2, -0.15) is 10.2 Å². The van der Waals surface area contributed by atoms with Gasteiger partial charge >= 0.3 is 13.0 Å². The van der Waals surface area contributed by atoms with E-state index in [1.54, 1.807) is 30.5 Å². The number of furan rings is 2. The van der Waals surface area contributed by atoms with E-state index in [4.69, 9.17) is 41.8 Å². The van der Waals surface area contributed by atoms with Crippen LogP contribution in [-0.2, 0) is 0 Å². The molecule has 280 valence electrons. The molecule has 6 aromatic rings. The number of hydrogen-bond donors (Lipinski definition) is 5. The lowest BCUT2D eigenvalue weighted by Crippen LogP contribution is -2.30. The van der Waals surface area contributed by atoms with E-state index in [0.717, 1.165) is 37.3 Å². The lowest BCUT2D eigenvalue weighted by atomic mass is 9.79. The first-order valence-electron chi connectivity index (χ1n) is 17.3. The van der Waals surface area contributed by atoms with Gasteiger partial charge in [0.1, 0.15) is 28.7 Å². The number of carbonyl (C=O) groups is 2. The number of nitrogens with one attached hydrogen (secondary N) is 3. The predicted octanol–water partition coefficient (Wildman–Crippen LogP) is 6.55. The fourth-order valence-corrected chi connectivity index (χ4v) is 6.65. The number of amides is 2. The summed E-state index contributed by atoms with van der Waals surface area (Å²) in [6, 6.07) is 19.5. The summed E-state index contributed by atoms with van der Waals surface area (Å²) in [7, 11) is -1.81. The maximum atomic E-state index is 13.3. The first-order chi connectivity index (χ1) is 26.6. The fourth-order valence-electron chi connectivity index (χ4n) is 6.14. The number of pyridine rings is 1. The minimum absolute atomic E-state index is 0.0288. The molecule has 2 aromatic carbocycles. The van der Waals surface area contributed by atoms with Gasteiger partial charge in [0, 0.05) is 28.4 Å². The third-order valence-corrected chi connectivity index (χ3v) is 9.15. The number of aromatic nitrogens is 2. The van der Waals surface area contributed by atoms with Crippen LogP contribution >= 0.6 is 23.2 Å². The number of anilines is 1. The highest BCUT2D eigenvalue weighted by atomic mass is 35.5. The first kappa shape index (κ1) is 37.5. The Morgan fingerprint density at radius 2 is 1.60 bits per heavy atom. The highest BCUT2D eigenvalue weighted by Gasteiger charge is 2.22. The van der Waals surface area contributed by atoms with Crippen LogP contribution in [0.1, 0.15) is 69.9 Å². The number of benzene rings is 2. The molecule has 0 radical (unpaired) electrons. The number of fused-ring (bicyclic) bond motifs is 1. The Bertz CT molecular complexity index is 2400. The third-order valence-electron chi connectivity index (χ3n) is 8.72. The largest absolute Gasteiger partial charge is 0.488 e. The van der Waals surface area contributed by atoms with Crippen LogP contribution in [0.2, 0.25) is 10.0 Å². The van der Waals surface area contributed by atoms with E-state index >= 15 is 0 Å². The van der Waals surface area contributed by atoms with Gasteiger partial charge in [-0.25, -0.2) is 15.8 Å². The van der Waals surface area contributed by atoms with Crippen LogP contribution in [0.5, 0.6) is 11.7 Å². The molecule has 17 heteroatoms. The van der Waals surface area contributed by atoms with E-state index in [9.17, 15) is 19.6 Å². The lowest BCUT2D eigenvalue weighted by molar-refractivity contribution is 0.0921. The van der Waals surface area contributed by atoms with Crippen LogP contribution in [0.3, 0.4) is 0 Å². The monoisotopic (exact) mass is 781 g/mol. The van der Waals surface area contributed by atoms with Gasteiger partial charge in [-0.15, -0.1) is 0 Å². The summed E-state index contributed by atoms with van der Waals surface area (Å²) in [4.78, 5) is 30.7. The van der Waals surface area contributed by atoms with Crippen molar-refractivity contribution >= 4 is 71.5 Å². The molecule has 2 amide bonds. The Morgan fingerprint density at radius 1 is 0.891 bits per heavy atom. The van der Waals surface area contributed by atoms with Crippen LogP contribution in [0.15, 0.2) is 98.0 Å². The van der Waals surface area contributed by atoms with Gasteiger partial charge in [-0.3, -0.25) is 14.0 Å². The molecule has 1 saturated carbocycles. The van der Waals surface area contributed by atoms with E-state index in [1.165, 1.54) is 55.2 Å². The number of hydrazone groups is 2. The number of halogens is 2.